The summed E-state index contributed by atoms with van der Waals surface area (Å²) in [5.41, 5.74) is 2.10. The van der Waals surface area contributed by atoms with Gasteiger partial charge < -0.3 is 14.6 Å². The number of aryl methyl sites for hydroxylation is 2. The minimum Gasteiger partial charge on any atom is -0.495 e. The number of benzene rings is 2. The van der Waals surface area contributed by atoms with Crippen LogP contribution < -0.4 is 14.8 Å². The van der Waals surface area contributed by atoms with Gasteiger partial charge in [0.1, 0.15) is 16.3 Å². The number of halogens is 1. The van der Waals surface area contributed by atoms with Gasteiger partial charge >= 0.3 is 0 Å². The van der Waals surface area contributed by atoms with Gasteiger partial charge in [0.05, 0.1) is 12.8 Å². The van der Waals surface area contributed by atoms with E-state index in [4.69, 9.17) is 4.74 Å². The van der Waals surface area contributed by atoms with Crippen molar-refractivity contribution in [2.24, 2.45) is 7.05 Å². The van der Waals surface area contributed by atoms with E-state index >= 15 is 0 Å². The Kier molecular flexibility index (Phi) is 5.99. The smallest absolute Gasteiger partial charge is 0.272 e. The predicted octanol–water partition coefficient (Wildman–Crippen LogP) is 4.16. The molecule has 0 bridgehead atoms. The number of hydrogen-bond donors (Lipinski definition) is 2. The standard InChI is InChI=1S/C20H20BrN3O4S/c1-13-6-8-15(21)16(11-13)23-29(26,27)19-12-14(7-9-18(19)28-3)22-20(25)17-5-4-10-24(17)2/h4-12,23H,1-3H3,(H,22,25). The lowest BCUT2D eigenvalue weighted by molar-refractivity contribution is 0.101. The summed E-state index contributed by atoms with van der Waals surface area (Å²) in [5, 5.41) is 2.72. The Hall–Kier alpha value is -2.78. The van der Waals surface area contributed by atoms with E-state index in [1.165, 1.54) is 19.2 Å². The summed E-state index contributed by atoms with van der Waals surface area (Å²) in [4.78, 5) is 12.4. The molecule has 152 valence electrons. The van der Waals surface area contributed by atoms with E-state index in [0.717, 1.165) is 5.56 Å². The summed E-state index contributed by atoms with van der Waals surface area (Å²) in [6.07, 6.45) is 1.75. The van der Waals surface area contributed by atoms with Crippen molar-refractivity contribution in [3.05, 3.63) is 70.5 Å². The minimum absolute atomic E-state index is 0.0851. The highest BCUT2D eigenvalue weighted by atomic mass is 79.9. The number of nitrogens with one attached hydrogen (secondary N) is 2. The topological polar surface area (TPSA) is 89.4 Å². The van der Waals surface area contributed by atoms with E-state index < -0.39 is 10.0 Å². The fourth-order valence-electron chi connectivity index (χ4n) is 2.77. The largest absolute Gasteiger partial charge is 0.495 e. The van der Waals surface area contributed by atoms with Gasteiger partial charge in [0, 0.05) is 23.4 Å². The van der Waals surface area contributed by atoms with Crippen LogP contribution >= 0.6 is 15.9 Å². The van der Waals surface area contributed by atoms with Gasteiger partial charge in [-0.1, -0.05) is 6.07 Å². The van der Waals surface area contributed by atoms with Crippen molar-refractivity contribution in [2.75, 3.05) is 17.1 Å². The third-order valence-corrected chi connectivity index (χ3v) is 6.33. The van der Waals surface area contributed by atoms with Gasteiger partial charge in [-0.15, -0.1) is 0 Å². The highest BCUT2D eigenvalue weighted by molar-refractivity contribution is 9.10. The molecule has 0 atom stereocenters. The van der Waals surface area contributed by atoms with Gasteiger partial charge in [-0.05, 0) is 70.9 Å². The molecule has 0 aliphatic carbocycles. The first-order valence-corrected chi connectivity index (χ1v) is 10.9. The molecule has 1 amide bonds. The number of methoxy groups -OCH3 is 1. The normalized spacial score (nSPS) is 11.2. The number of ether oxygens (including phenoxy) is 1. The molecule has 0 fully saturated rings. The van der Waals surface area contributed by atoms with Crippen molar-refractivity contribution >= 4 is 43.2 Å². The average molecular weight is 478 g/mol. The van der Waals surface area contributed by atoms with Crippen LogP contribution in [0.5, 0.6) is 5.75 Å². The lowest BCUT2D eigenvalue weighted by Gasteiger charge is -2.15. The molecular weight excluding hydrogens is 458 g/mol. The molecule has 7 nitrogen and oxygen atoms in total. The molecule has 0 saturated heterocycles. The molecule has 2 N–H and O–H groups in total. The van der Waals surface area contributed by atoms with Crippen LogP contribution in [0.2, 0.25) is 0 Å². The van der Waals surface area contributed by atoms with Gasteiger partial charge in [0.15, 0.2) is 0 Å². The van der Waals surface area contributed by atoms with Crippen LogP contribution in [-0.4, -0.2) is 26.0 Å². The monoisotopic (exact) mass is 477 g/mol. The van der Waals surface area contributed by atoms with E-state index in [0.29, 0.717) is 21.5 Å². The van der Waals surface area contributed by atoms with Crippen molar-refractivity contribution in [3.8, 4) is 5.75 Å². The summed E-state index contributed by atoms with van der Waals surface area (Å²) in [5.74, 6) is -0.182. The van der Waals surface area contributed by atoms with Crippen molar-refractivity contribution in [1.82, 2.24) is 4.57 Å². The van der Waals surface area contributed by atoms with Crippen LogP contribution in [0.4, 0.5) is 11.4 Å². The van der Waals surface area contributed by atoms with Crippen LogP contribution in [-0.2, 0) is 17.1 Å². The summed E-state index contributed by atoms with van der Waals surface area (Å²) in [7, 11) is -0.837. The number of carbonyl (C=O) groups is 1. The summed E-state index contributed by atoms with van der Waals surface area (Å²) >= 11 is 3.35. The summed E-state index contributed by atoms with van der Waals surface area (Å²) in [6.45, 7) is 1.87. The zero-order chi connectivity index (χ0) is 21.2. The maximum absolute atomic E-state index is 13.0. The summed E-state index contributed by atoms with van der Waals surface area (Å²) in [6, 6.07) is 13.2. The lowest BCUT2D eigenvalue weighted by Crippen LogP contribution is -2.17. The third-order valence-electron chi connectivity index (χ3n) is 4.25. The lowest BCUT2D eigenvalue weighted by atomic mass is 10.2. The number of sulfonamides is 1. The fourth-order valence-corrected chi connectivity index (χ4v) is 4.52. The Morgan fingerprint density at radius 3 is 2.55 bits per heavy atom. The Balaban J connectivity index is 1.95. The molecule has 3 aromatic rings. The molecular formula is C20H20BrN3O4S. The third kappa shape index (κ3) is 4.63. The Labute approximate surface area is 177 Å². The van der Waals surface area contributed by atoms with Gasteiger partial charge in [0.2, 0.25) is 0 Å². The highest BCUT2D eigenvalue weighted by Crippen LogP contribution is 2.31. The number of carbonyl (C=O) groups excluding carboxylic acids is 1. The molecule has 29 heavy (non-hydrogen) atoms. The number of nitrogens with zero attached hydrogens (tertiary/aromatic N) is 1. The average Bonchev–Trinajstić information content (AvgIpc) is 3.10. The van der Waals surface area contributed by atoms with Crippen LogP contribution in [0.25, 0.3) is 0 Å². The first-order valence-electron chi connectivity index (χ1n) is 8.61. The molecule has 9 heteroatoms. The van der Waals surface area contributed by atoms with Crippen molar-refractivity contribution < 1.29 is 17.9 Å². The number of anilines is 2. The molecule has 0 aliphatic heterocycles. The molecule has 0 unspecified atom stereocenters. The summed E-state index contributed by atoms with van der Waals surface area (Å²) < 4.78 is 36.1. The van der Waals surface area contributed by atoms with Crippen LogP contribution in [0.1, 0.15) is 16.1 Å². The molecule has 2 aromatic carbocycles. The first-order chi connectivity index (χ1) is 13.7. The molecule has 0 saturated carbocycles. The van der Waals surface area contributed by atoms with E-state index in [-0.39, 0.29) is 16.6 Å². The van der Waals surface area contributed by atoms with E-state index in [1.54, 1.807) is 48.1 Å². The van der Waals surface area contributed by atoms with Gasteiger partial charge in [-0.25, -0.2) is 8.42 Å². The quantitative estimate of drug-likeness (QED) is 0.557. The number of hydrogen-bond acceptors (Lipinski definition) is 4. The van der Waals surface area contributed by atoms with E-state index in [9.17, 15) is 13.2 Å². The molecule has 0 aliphatic rings. The molecule has 1 aromatic heterocycles. The van der Waals surface area contributed by atoms with Crippen LogP contribution in [0.3, 0.4) is 0 Å². The first kappa shape index (κ1) is 20.9. The van der Waals surface area contributed by atoms with Crippen molar-refractivity contribution in [3.63, 3.8) is 0 Å². The molecule has 1 heterocycles. The Morgan fingerprint density at radius 2 is 1.90 bits per heavy atom. The maximum Gasteiger partial charge on any atom is 0.272 e. The van der Waals surface area contributed by atoms with Crippen molar-refractivity contribution in [1.29, 1.82) is 0 Å². The van der Waals surface area contributed by atoms with Crippen molar-refractivity contribution in [2.45, 2.75) is 11.8 Å². The number of amides is 1. The Morgan fingerprint density at radius 1 is 1.14 bits per heavy atom. The van der Waals surface area contributed by atoms with Gasteiger partial charge in [-0.2, -0.15) is 0 Å². The van der Waals surface area contributed by atoms with Gasteiger partial charge in [-0.3, -0.25) is 9.52 Å². The maximum atomic E-state index is 13.0. The second-order valence-electron chi connectivity index (χ2n) is 6.41. The SMILES string of the molecule is COc1ccc(NC(=O)c2cccn2C)cc1S(=O)(=O)Nc1cc(C)ccc1Br. The second-order valence-corrected chi connectivity index (χ2v) is 8.92. The van der Waals surface area contributed by atoms with Gasteiger partial charge in [0.25, 0.3) is 15.9 Å². The second kappa shape index (κ2) is 8.30. The molecule has 0 spiro atoms. The minimum atomic E-state index is -3.98. The van der Waals surface area contributed by atoms with E-state index in [1.807, 2.05) is 13.0 Å². The Bertz CT molecular complexity index is 1170. The van der Waals surface area contributed by atoms with Crippen LogP contribution in [0, 0.1) is 6.92 Å². The molecule has 0 radical (unpaired) electrons. The fraction of sp³-hybridized carbons (Fsp3) is 0.150. The zero-order valence-electron chi connectivity index (χ0n) is 16.1. The van der Waals surface area contributed by atoms with Crippen LogP contribution in [0.15, 0.2) is 64.1 Å². The zero-order valence-corrected chi connectivity index (χ0v) is 18.5. The predicted molar refractivity (Wildman–Crippen MR) is 116 cm³/mol. The highest BCUT2D eigenvalue weighted by Gasteiger charge is 2.22. The molecule has 3 rings (SSSR count). The van der Waals surface area contributed by atoms with E-state index in [2.05, 4.69) is 26.0 Å². The number of rotatable bonds is 6. The number of aromatic nitrogens is 1.